The molecule has 0 saturated heterocycles. The van der Waals surface area contributed by atoms with Gasteiger partial charge in [-0.15, -0.1) is 0 Å². The second-order valence-electron chi connectivity index (χ2n) is 6.99. The Labute approximate surface area is 154 Å². The summed E-state index contributed by atoms with van der Waals surface area (Å²) in [5.41, 5.74) is 4.18. The molecule has 2 aromatic carbocycles. The second kappa shape index (κ2) is 7.26. The summed E-state index contributed by atoms with van der Waals surface area (Å²) in [5, 5.41) is 3.78. The number of aryl methyl sites for hydroxylation is 1. The van der Waals surface area contributed by atoms with Crippen LogP contribution in [0.2, 0.25) is 0 Å². The van der Waals surface area contributed by atoms with Crippen molar-refractivity contribution < 1.29 is 4.74 Å². The van der Waals surface area contributed by atoms with E-state index >= 15 is 0 Å². The fourth-order valence-corrected chi connectivity index (χ4v) is 3.66. The van der Waals surface area contributed by atoms with Gasteiger partial charge in [-0.3, -0.25) is 4.98 Å². The van der Waals surface area contributed by atoms with Crippen molar-refractivity contribution in [2.24, 2.45) is 0 Å². The molecule has 26 heavy (non-hydrogen) atoms. The first-order valence-corrected chi connectivity index (χ1v) is 9.09. The third-order valence-electron chi connectivity index (χ3n) is 5.10. The molecule has 1 unspecified atom stereocenters. The topological polar surface area (TPSA) is 47.0 Å². The first-order valence-electron chi connectivity index (χ1n) is 9.09. The van der Waals surface area contributed by atoms with Gasteiger partial charge in [-0.25, -0.2) is 4.98 Å². The Morgan fingerprint density at radius 1 is 1.08 bits per heavy atom. The summed E-state index contributed by atoms with van der Waals surface area (Å²) in [7, 11) is 0. The van der Waals surface area contributed by atoms with Crippen LogP contribution in [0.1, 0.15) is 36.5 Å². The van der Waals surface area contributed by atoms with E-state index in [1.165, 1.54) is 29.5 Å². The summed E-state index contributed by atoms with van der Waals surface area (Å²) >= 11 is 0. The third kappa shape index (κ3) is 3.60. The van der Waals surface area contributed by atoms with Crippen molar-refractivity contribution in [2.45, 2.75) is 38.3 Å². The number of nitrogens with zero attached hydrogens (tertiary/aromatic N) is 2. The molecule has 4 rings (SSSR count). The number of aromatic nitrogens is 2. The molecular weight excluding hydrogens is 322 g/mol. The standard InChI is InChI=1S/C22H23N3O/c1-22(12-4-6-18-5-2-3-7-20(18)22)25-15-17-8-10-19(11-9-17)26-21-16-23-13-14-24-21/h2-3,5,7-11,13-14,16,25H,4,6,12,15H2,1H3. The van der Waals surface area contributed by atoms with E-state index in [1.807, 2.05) is 12.1 Å². The van der Waals surface area contributed by atoms with Gasteiger partial charge >= 0.3 is 0 Å². The van der Waals surface area contributed by atoms with Crippen molar-refractivity contribution in [3.8, 4) is 11.6 Å². The van der Waals surface area contributed by atoms with Crippen LogP contribution in [0, 0.1) is 0 Å². The SMILES string of the molecule is CC1(NCc2ccc(Oc3cnccn3)cc2)CCCc2ccccc21. The Balaban J connectivity index is 1.42. The van der Waals surface area contributed by atoms with Gasteiger partial charge in [0.1, 0.15) is 5.75 Å². The number of benzene rings is 2. The molecule has 0 radical (unpaired) electrons. The molecule has 0 aliphatic heterocycles. The Bertz CT molecular complexity index is 864. The van der Waals surface area contributed by atoms with Crippen molar-refractivity contribution in [3.63, 3.8) is 0 Å². The maximum atomic E-state index is 5.70. The first-order chi connectivity index (χ1) is 12.7. The van der Waals surface area contributed by atoms with Crippen LogP contribution < -0.4 is 10.1 Å². The van der Waals surface area contributed by atoms with Gasteiger partial charge in [-0.1, -0.05) is 36.4 Å². The molecule has 4 nitrogen and oxygen atoms in total. The minimum absolute atomic E-state index is 0.0314. The molecule has 3 aromatic rings. The molecule has 1 atom stereocenters. The molecule has 4 heteroatoms. The first kappa shape index (κ1) is 16.7. The fraction of sp³-hybridized carbons (Fsp3) is 0.273. The van der Waals surface area contributed by atoms with Gasteiger partial charge in [-0.05, 0) is 55.0 Å². The van der Waals surface area contributed by atoms with Crippen molar-refractivity contribution in [1.82, 2.24) is 15.3 Å². The fourth-order valence-electron chi connectivity index (χ4n) is 3.66. The van der Waals surface area contributed by atoms with Gasteiger partial charge < -0.3 is 10.1 Å². The van der Waals surface area contributed by atoms with Crippen LogP contribution in [0.15, 0.2) is 67.1 Å². The lowest BCUT2D eigenvalue weighted by Gasteiger charge is -2.37. The van der Waals surface area contributed by atoms with E-state index in [0.717, 1.165) is 18.7 Å². The Hall–Kier alpha value is -2.72. The maximum absolute atomic E-state index is 5.70. The van der Waals surface area contributed by atoms with E-state index in [-0.39, 0.29) is 5.54 Å². The van der Waals surface area contributed by atoms with Crippen molar-refractivity contribution in [1.29, 1.82) is 0 Å². The van der Waals surface area contributed by atoms with Crippen molar-refractivity contribution in [2.75, 3.05) is 0 Å². The largest absolute Gasteiger partial charge is 0.438 e. The third-order valence-corrected chi connectivity index (χ3v) is 5.10. The van der Waals surface area contributed by atoms with Gasteiger partial charge in [0.25, 0.3) is 0 Å². The van der Waals surface area contributed by atoms with Crippen LogP contribution >= 0.6 is 0 Å². The van der Waals surface area contributed by atoms with Gasteiger partial charge in [0, 0.05) is 24.5 Å². The molecule has 1 aliphatic carbocycles. The van der Waals surface area contributed by atoms with Gasteiger partial charge in [-0.2, -0.15) is 0 Å². The van der Waals surface area contributed by atoms with Crippen LogP contribution in [0.5, 0.6) is 11.6 Å². The quantitative estimate of drug-likeness (QED) is 0.733. The zero-order chi connectivity index (χ0) is 17.8. The predicted octanol–water partition coefficient (Wildman–Crippen LogP) is 4.61. The number of ether oxygens (including phenoxy) is 1. The van der Waals surface area contributed by atoms with E-state index < -0.39 is 0 Å². The van der Waals surface area contributed by atoms with Crippen molar-refractivity contribution in [3.05, 3.63) is 83.8 Å². The smallest absolute Gasteiger partial charge is 0.237 e. The molecule has 132 valence electrons. The van der Waals surface area contributed by atoms with Crippen LogP contribution in [0.25, 0.3) is 0 Å². The predicted molar refractivity (Wildman–Crippen MR) is 102 cm³/mol. The highest BCUT2D eigenvalue weighted by molar-refractivity contribution is 5.36. The van der Waals surface area contributed by atoms with Crippen LogP contribution in [-0.2, 0) is 18.5 Å². The molecule has 0 bridgehead atoms. The molecule has 0 fully saturated rings. The molecule has 1 aliphatic rings. The van der Waals surface area contributed by atoms with Crippen molar-refractivity contribution >= 4 is 0 Å². The highest BCUT2D eigenvalue weighted by atomic mass is 16.5. The zero-order valence-electron chi connectivity index (χ0n) is 15.0. The van der Waals surface area contributed by atoms with Gasteiger partial charge in [0.2, 0.25) is 5.88 Å². The number of hydrogen-bond donors (Lipinski definition) is 1. The van der Waals surface area contributed by atoms with Crippen LogP contribution in [-0.4, -0.2) is 9.97 Å². The summed E-state index contributed by atoms with van der Waals surface area (Å²) in [6, 6.07) is 16.9. The summed E-state index contributed by atoms with van der Waals surface area (Å²) in [5.74, 6) is 1.27. The normalized spacial score (nSPS) is 19.0. The lowest BCUT2D eigenvalue weighted by Crippen LogP contribution is -2.41. The Morgan fingerprint density at radius 2 is 1.92 bits per heavy atom. The summed E-state index contributed by atoms with van der Waals surface area (Å²) in [6.07, 6.45) is 8.43. The molecular formula is C22H23N3O. The zero-order valence-corrected chi connectivity index (χ0v) is 15.0. The lowest BCUT2D eigenvalue weighted by atomic mass is 9.77. The molecule has 0 saturated carbocycles. The number of hydrogen-bond acceptors (Lipinski definition) is 4. The molecule has 1 heterocycles. The van der Waals surface area contributed by atoms with E-state index in [9.17, 15) is 0 Å². The summed E-state index contributed by atoms with van der Waals surface area (Å²) in [6.45, 7) is 3.15. The number of fused-ring (bicyclic) bond motifs is 1. The van der Waals surface area contributed by atoms with E-state index in [4.69, 9.17) is 4.74 Å². The average Bonchev–Trinajstić information content (AvgIpc) is 2.69. The minimum Gasteiger partial charge on any atom is -0.438 e. The number of nitrogens with one attached hydrogen (secondary N) is 1. The average molecular weight is 345 g/mol. The summed E-state index contributed by atoms with van der Waals surface area (Å²) in [4.78, 5) is 8.14. The minimum atomic E-state index is 0.0314. The van der Waals surface area contributed by atoms with E-state index in [1.54, 1.807) is 18.6 Å². The Morgan fingerprint density at radius 3 is 2.73 bits per heavy atom. The monoisotopic (exact) mass is 345 g/mol. The molecule has 1 N–H and O–H groups in total. The number of rotatable bonds is 5. The molecule has 0 amide bonds. The maximum Gasteiger partial charge on any atom is 0.237 e. The van der Waals surface area contributed by atoms with Crippen LogP contribution in [0.4, 0.5) is 0 Å². The summed E-state index contributed by atoms with van der Waals surface area (Å²) < 4.78 is 5.70. The molecule has 1 aromatic heterocycles. The molecule has 0 spiro atoms. The van der Waals surface area contributed by atoms with Gasteiger partial charge in [0.05, 0.1) is 6.20 Å². The second-order valence-corrected chi connectivity index (χ2v) is 6.99. The van der Waals surface area contributed by atoms with E-state index in [0.29, 0.717) is 5.88 Å². The van der Waals surface area contributed by atoms with Gasteiger partial charge in [0.15, 0.2) is 0 Å². The Kier molecular flexibility index (Phi) is 4.67. The van der Waals surface area contributed by atoms with E-state index in [2.05, 4.69) is 58.6 Å². The highest BCUT2D eigenvalue weighted by Crippen LogP contribution is 2.35. The highest BCUT2D eigenvalue weighted by Gasteiger charge is 2.30. The lowest BCUT2D eigenvalue weighted by molar-refractivity contribution is 0.311. The van der Waals surface area contributed by atoms with Crippen LogP contribution in [0.3, 0.4) is 0 Å².